The van der Waals surface area contributed by atoms with Gasteiger partial charge in [-0.3, -0.25) is 24.6 Å². The number of rotatable bonds is 4. The molecule has 0 radical (unpaired) electrons. The molecule has 2 saturated heterocycles. The van der Waals surface area contributed by atoms with Gasteiger partial charge in [-0.25, -0.2) is 4.90 Å². The van der Waals surface area contributed by atoms with Crippen LogP contribution in [0, 0.1) is 10.1 Å². The number of alkyl halides is 3. The van der Waals surface area contributed by atoms with E-state index in [0.29, 0.717) is 11.8 Å². The van der Waals surface area contributed by atoms with Crippen molar-refractivity contribution < 1.29 is 27.7 Å². The Bertz CT molecular complexity index is 1170. The van der Waals surface area contributed by atoms with Crippen molar-refractivity contribution >= 4 is 52.1 Å². The van der Waals surface area contributed by atoms with Crippen LogP contribution < -0.4 is 9.80 Å². The molecule has 0 aromatic heterocycles. The van der Waals surface area contributed by atoms with Gasteiger partial charge < -0.3 is 4.90 Å². The van der Waals surface area contributed by atoms with E-state index < -0.39 is 40.2 Å². The lowest BCUT2D eigenvalue weighted by Gasteiger charge is -2.37. The van der Waals surface area contributed by atoms with Crippen molar-refractivity contribution in [2.24, 2.45) is 0 Å². The standard InChI is InChI=1S/C21H17Cl2F3N4O4/c22-14-3-2-13(10-15(14)23)29-19(31)11-18(20(29)32)28-7-5-27(6-8-28)16-4-1-12(21(24,25)26)9-17(16)30(33)34/h1-4,9-10,18H,5-8,11H2/t18-/m1/s1. The molecule has 0 unspecified atom stereocenters. The predicted octanol–water partition coefficient (Wildman–Crippen LogP) is 4.37. The van der Waals surface area contributed by atoms with Crippen LogP contribution in [-0.4, -0.2) is 53.9 Å². The summed E-state index contributed by atoms with van der Waals surface area (Å²) in [4.78, 5) is 40.6. The molecular formula is C21H17Cl2F3N4O4. The van der Waals surface area contributed by atoms with Crippen molar-refractivity contribution in [1.82, 2.24) is 4.90 Å². The van der Waals surface area contributed by atoms with Gasteiger partial charge in [0, 0.05) is 32.2 Å². The highest BCUT2D eigenvalue weighted by Crippen LogP contribution is 2.37. The van der Waals surface area contributed by atoms with E-state index in [-0.39, 0.29) is 48.3 Å². The zero-order valence-electron chi connectivity index (χ0n) is 17.4. The van der Waals surface area contributed by atoms with E-state index >= 15 is 0 Å². The maximum Gasteiger partial charge on any atom is 0.416 e. The fourth-order valence-corrected chi connectivity index (χ4v) is 4.48. The number of amides is 2. The minimum Gasteiger partial charge on any atom is -0.363 e. The highest BCUT2D eigenvalue weighted by atomic mass is 35.5. The lowest BCUT2D eigenvalue weighted by molar-refractivity contribution is -0.384. The fourth-order valence-electron chi connectivity index (χ4n) is 4.18. The topological polar surface area (TPSA) is 87.0 Å². The smallest absolute Gasteiger partial charge is 0.363 e. The van der Waals surface area contributed by atoms with Crippen molar-refractivity contribution in [3.63, 3.8) is 0 Å². The molecule has 8 nitrogen and oxygen atoms in total. The zero-order chi connectivity index (χ0) is 24.8. The summed E-state index contributed by atoms with van der Waals surface area (Å²) >= 11 is 11.9. The monoisotopic (exact) mass is 516 g/mol. The Morgan fingerprint density at radius 1 is 0.971 bits per heavy atom. The average molecular weight is 517 g/mol. The van der Waals surface area contributed by atoms with E-state index in [2.05, 4.69) is 0 Å². The Balaban J connectivity index is 1.48. The lowest BCUT2D eigenvalue weighted by Crippen LogP contribution is -2.52. The van der Waals surface area contributed by atoms with Crippen molar-refractivity contribution in [3.8, 4) is 0 Å². The van der Waals surface area contributed by atoms with Crippen LogP contribution in [0.25, 0.3) is 0 Å². The van der Waals surface area contributed by atoms with Crippen LogP contribution in [0.3, 0.4) is 0 Å². The molecule has 2 aromatic carbocycles. The van der Waals surface area contributed by atoms with Crippen LogP contribution in [0.1, 0.15) is 12.0 Å². The number of nitrogens with zero attached hydrogens (tertiary/aromatic N) is 4. The summed E-state index contributed by atoms with van der Waals surface area (Å²) in [5, 5.41) is 11.9. The molecule has 2 aliphatic rings. The summed E-state index contributed by atoms with van der Waals surface area (Å²) < 4.78 is 38.9. The molecule has 0 saturated carbocycles. The Morgan fingerprint density at radius 3 is 2.24 bits per heavy atom. The highest BCUT2D eigenvalue weighted by Gasteiger charge is 2.44. The second kappa shape index (κ2) is 9.05. The molecule has 2 aromatic rings. The first-order valence-corrected chi connectivity index (χ1v) is 10.9. The number of piperazine rings is 1. The molecule has 2 heterocycles. The van der Waals surface area contributed by atoms with Gasteiger partial charge in [-0.2, -0.15) is 13.2 Å². The molecule has 34 heavy (non-hydrogen) atoms. The Hall–Kier alpha value is -2.89. The maximum atomic E-state index is 13.0. The zero-order valence-corrected chi connectivity index (χ0v) is 18.9. The Morgan fingerprint density at radius 2 is 1.65 bits per heavy atom. The van der Waals surface area contributed by atoms with Gasteiger partial charge in [0.25, 0.3) is 11.6 Å². The molecule has 13 heteroatoms. The maximum absolute atomic E-state index is 13.0. The van der Waals surface area contributed by atoms with E-state index in [1.807, 2.05) is 0 Å². The van der Waals surface area contributed by atoms with Crippen LogP contribution in [-0.2, 0) is 15.8 Å². The highest BCUT2D eigenvalue weighted by molar-refractivity contribution is 6.42. The number of nitro groups is 1. The molecule has 2 fully saturated rings. The van der Waals surface area contributed by atoms with Crippen LogP contribution in [0.4, 0.5) is 30.2 Å². The molecule has 4 rings (SSSR count). The molecule has 0 bridgehead atoms. The number of imide groups is 1. The normalized spacial score (nSPS) is 19.7. The van der Waals surface area contributed by atoms with E-state index in [1.54, 1.807) is 9.80 Å². The molecule has 0 N–H and O–H groups in total. The number of nitro benzene ring substituents is 1. The number of carbonyl (C=O) groups is 2. The van der Waals surface area contributed by atoms with Crippen molar-refractivity contribution in [2.45, 2.75) is 18.6 Å². The number of hydrogen-bond acceptors (Lipinski definition) is 6. The summed E-state index contributed by atoms with van der Waals surface area (Å²) in [6.45, 7) is 1.04. The molecule has 2 aliphatic heterocycles. The number of hydrogen-bond donors (Lipinski definition) is 0. The average Bonchev–Trinajstić information content (AvgIpc) is 3.08. The second-order valence-corrected chi connectivity index (χ2v) is 8.68. The number of benzene rings is 2. The van der Waals surface area contributed by atoms with Gasteiger partial charge in [0.15, 0.2) is 0 Å². The van der Waals surface area contributed by atoms with Crippen molar-refractivity contribution in [3.05, 3.63) is 62.1 Å². The quantitative estimate of drug-likeness (QED) is 0.340. The summed E-state index contributed by atoms with van der Waals surface area (Å²) in [7, 11) is 0. The van der Waals surface area contributed by atoms with E-state index in [4.69, 9.17) is 23.2 Å². The van der Waals surface area contributed by atoms with Crippen molar-refractivity contribution in [2.75, 3.05) is 36.0 Å². The Labute approximate surface area is 201 Å². The van der Waals surface area contributed by atoms with Crippen LogP contribution in [0.5, 0.6) is 0 Å². The van der Waals surface area contributed by atoms with E-state index in [9.17, 15) is 32.9 Å². The summed E-state index contributed by atoms with van der Waals surface area (Å²) in [6.07, 6.45) is -4.74. The minimum absolute atomic E-state index is 0.0422. The summed E-state index contributed by atoms with van der Waals surface area (Å²) in [5.41, 5.74) is -1.35. The molecule has 0 spiro atoms. The van der Waals surface area contributed by atoms with Crippen LogP contribution in [0.15, 0.2) is 36.4 Å². The van der Waals surface area contributed by atoms with Gasteiger partial charge >= 0.3 is 6.18 Å². The third-order valence-electron chi connectivity index (χ3n) is 5.88. The molecule has 180 valence electrons. The number of anilines is 2. The molecule has 0 aliphatic carbocycles. The van der Waals surface area contributed by atoms with Gasteiger partial charge in [0.2, 0.25) is 5.91 Å². The predicted molar refractivity (Wildman–Crippen MR) is 119 cm³/mol. The third kappa shape index (κ3) is 4.55. The first-order chi connectivity index (χ1) is 16.0. The van der Waals surface area contributed by atoms with Gasteiger partial charge in [-0.1, -0.05) is 23.2 Å². The first-order valence-electron chi connectivity index (χ1n) is 10.1. The van der Waals surface area contributed by atoms with Crippen LogP contribution >= 0.6 is 23.2 Å². The van der Waals surface area contributed by atoms with E-state index in [0.717, 1.165) is 17.0 Å². The molecular weight excluding hydrogens is 500 g/mol. The van der Waals surface area contributed by atoms with Gasteiger partial charge in [-0.05, 0) is 30.3 Å². The van der Waals surface area contributed by atoms with E-state index in [1.165, 1.54) is 18.2 Å². The van der Waals surface area contributed by atoms with Crippen molar-refractivity contribution in [1.29, 1.82) is 0 Å². The van der Waals surface area contributed by atoms with Gasteiger partial charge in [0.1, 0.15) is 5.69 Å². The van der Waals surface area contributed by atoms with Gasteiger partial charge in [0.05, 0.1) is 38.7 Å². The lowest BCUT2D eigenvalue weighted by atomic mass is 10.1. The largest absolute Gasteiger partial charge is 0.416 e. The number of carbonyl (C=O) groups excluding carboxylic acids is 2. The summed E-state index contributed by atoms with van der Waals surface area (Å²) in [5.74, 6) is -0.813. The van der Waals surface area contributed by atoms with Crippen LogP contribution in [0.2, 0.25) is 10.0 Å². The fraction of sp³-hybridized carbons (Fsp3) is 0.333. The minimum atomic E-state index is -4.70. The molecule has 1 atom stereocenters. The SMILES string of the molecule is O=C1C[C@@H](N2CCN(c3ccc(C(F)(F)F)cc3[N+](=O)[O-])CC2)C(=O)N1c1ccc(Cl)c(Cl)c1. The summed E-state index contributed by atoms with van der Waals surface area (Å²) in [6, 6.07) is 6.15. The Kier molecular flexibility index (Phi) is 6.45. The third-order valence-corrected chi connectivity index (χ3v) is 6.62. The number of halogens is 5. The first kappa shape index (κ1) is 24.2. The van der Waals surface area contributed by atoms with Gasteiger partial charge in [-0.15, -0.1) is 0 Å². The second-order valence-electron chi connectivity index (χ2n) is 7.87. The molecule has 2 amide bonds.